The van der Waals surface area contributed by atoms with Crippen molar-refractivity contribution < 1.29 is 13.9 Å². The zero-order valence-electron chi connectivity index (χ0n) is 18.5. The molecule has 4 rings (SSSR count). The van der Waals surface area contributed by atoms with Gasteiger partial charge in [-0.3, -0.25) is 14.8 Å². The van der Waals surface area contributed by atoms with Gasteiger partial charge in [0, 0.05) is 42.2 Å². The van der Waals surface area contributed by atoms with Gasteiger partial charge in [0.1, 0.15) is 5.75 Å². The molecule has 0 fully saturated rings. The Morgan fingerprint density at radius 2 is 2.06 bits per heavy atom. The summed E-state index contributed by atoms with van der Waals surface area (Å²) in [7, 11) is 1.58. The quantitative estimate of drug-likeness (QED) is 0.481. The number of hydrogen-bond donors (Lipinski definition) is 3. The number of ether oxygens (including phenoxy) is 1. The number of carbonyl (C=O) groups excluding carboxylic acids is 1. The van der Waals surface area contributed by atoms with E-state index in [1.807, 2.05) is 12.1 Å². The molecular weight excluding hydrogens is 423 g/mol. The van der Waals surface area contributed by atoms with Crippen LogP contribution in [0.15, 0.2) is 53.7 Å². The van der Waals surface area contributed by atoms with Crippen molar-refractivity contribution in [1.82, 2.24) is 25.9 Å². The Morgan fingerprint density at radius 3 is 2.82 bits per heavy atom. The molecule has 2 aromatic heterocycles. The van der Waals surface area contributed by atoms with Crippen LogP contribution in [0.5, 0.6) is 5.75 Å². The number of benzene rings is 1. The Balaban J connectivity index is 1.59. The van der Waals surface area contributed by atoms with Crippen molar-refractivity contribution in [2.75, 3.05) is 20.2 Å². The van der Waals surface area contributed by atoms with E-state index in [0.717, 1.165) is 35.7 Å². The summed E-state index contributed by atoms with van der Waals surface area (Å²) in [6.45, 7) is 4.01. The molecule has 1 aromatic carbocycles. The zero-order valence-corrected chi connectivity index (χ0v) is 18.5. The van der Waals surface area contributed by atoms with Crippen LogP contribution in [0, 0.1) is 12.9 Å². The highest BCUT2D eigenvalue weighted by molar-refractivity contribution is 5.96. The van der Waals surface area contributed by atoms with E-state index in [4.69, 9.17) is 4.74 Å². The molecule has 170 valence electrons. The van der Waals surface area contributed by atoms with Crippen LogP contribution in [-0.2, 0) is 13.1 Å². The topological polar surface area (TPSA) is 101 Å². The smallest absolute Gasteiger partial charge is 0.251 e. The number of halogens is 1. The number of guanidine groups is 1. The van der Waals surface area contributed by atoms with Crippen molar-refractivity contribution in [3.05, 3.63) is 77.1 Å². The second-order valence-corrected chi connectivity index (χ2v) is 7.57. The van der Waals surface area contributed by atoms with Gasteiger partial charge in [-0.2, -0.15) is 4.39 Å². The Labute approximate surface area is 191 Å². The van der Waals surface area contributed by atoms with Gasteiger partial charge in [-0.25, -0.2) is 4.98 Å². The van der Waals surface area contributed by atoms with E-state index in [0.29, 0.717) is 29.2 Å². The minimum atomic E-state index is -0.539. The molecule has 3 aromatic rings. The number of methoxy groups -OCH3 is 1. The standard InChI is InChI=1S/C24H25FN6O2/c1-15-21(3-4-22(25)31-15)17-9-16(13-30-24-27-7-8-28-24)10-18(11-17)23(32)29-14-19-12-20(33-2)5-6-26-19/h3-6,9-12H,7-8,13-14H2,1-2H3,(H,29,32)(H2,27,28,30). The van der Waals surface area contributed by atoms with E-state index in [-0.39, 0.29) is 12.5 Å². The van der Waals surface area contributed by atoms with Crippen molar-refractivity contribution in [1.29, 1.82) is 0 Å². The Bertz CT molecular complexity index is 1200. The maximum absolute atomic E-state index is 13.5. The van der Waals surface area contributed by atoms with E-state index >= 15 is 0 Å². The number of nitrogens with zero attached hydrogens (tertiary/aromatic N) is 3. The largest absolute Gasteiger partial charge is 0.497 e. The lowest BCUT2D eigenvalue weighted by Gasteiger charge is -2.13. The van der Waals surface area contributed by atoms with Crippen molar-refractivity contribution in [2.24, 2.45) is 4.99 Å². The molecular formula is C24H25FN6O2. The third kappa shape index (κ3) is 5.62. The lowest BCUT2D eigenvalue weighted by molar-refractivity contribution is 0.0950. The van der Waals surface area contributed by atoms with Gasteiger partial charge in [-0.15, -0.1) is 0 Å². The van der Waals surface area contributed by atoms with Gasteiger partial charge >= 0.3 is 0 Å². The number of aromatic nitrogens is 2. The number of carbonyl (C=O) groups is 1. The molecule has 1 aliphatic heterocycles. The maximum Gasteiger partial charge on any atom is 0.251 e. The Morgan fingerprint density at radius 1 is 1.18 bits per heavy atom. The van der Waals surface area contributed by atoms with Crippen LogP contribution >= 0.6 is 0 Å². The van der Waals surface area contributed by atoms with Gasteiger partial charge in [-0.1, -0.05) is 0 Å². The predicted octanol–water partition coefficient (Wildman–Crippen LogP) is 2.58. The van der Waals surface area contributed by atoms with Crippen molar-refractivity contribution in [2.45, 2.75) is 20.0 Å². The van der Waals surface area contributed by atoms with Crippen LogP contribution < -0.4 is 20.7 Å². The highest BCUT2D eigenvalue weighted by atomic mass is 19.1. The second-order valence-electron chi connectivity index (χ2n) is 7.57. The number of aryl methyl sites for hydroxylation is 1. The fourth-order valence-corrected chi connectivity index (χ4v) is 3.57. The van der Waals surface area contributed by atoms with Crippen LogP contribution in [0.1, 0.15) is 27.3 Å². The maximum atomic E-state index is 13.5. The first-order chi connectivity index (χ1) is 16.0. The molecule has 1 amide bonds. The first kappa shape index (κ1) is 22.2. The summed E-state index contributed by atoms with van der Waals surface area (Å²) < 4.78 is 18.7. The number of amides is 1. The van der Waals surface area contributed by atoms with Crippen LogP contribution in [0.3, 0.4) is 0 Å². The zero-order chi connectivity index (χ0) is 23.2. The lowest BCUT2D eigenvalue weighted by atomic mass is 9.98. The number of nitrogens with one attached hydrogen (secondary N) is 3. The molecule has 8 nitrogen and oxygen atoms in total. The van der Waals surface area contributed by atoms with Gasteiger partial charge < -0.3 is 20.7 Å². The van der Waals surface area contributed by atoms with E-state index in [9.17, 15) is 9.18 Å². The lowest BCUT2D eigenvalue weighted by Crippen LogP contribution is -2.33. The highest BCUT2D eigenvalue weighted by Crippen LogP contribution is 2.25. The van der Waals surface area contributed by atoms with Crippen LogP contribution in [-0.4, -0.2) is 42.0 Å². The fraction of sp³-hybridized carbons (Fsp3) is 0.250. The molecule has 1 aliphatic rings. The minimum absolute atomic E-state index is 0.244. The molecule has 0 bridgehead atoms. The average Bonchev–Trinajstić information content (AvgIpc) is 3.35. The first-order valence-electron chi connectivity index (χ1n) is 10.6. The third-order valence-electron chi connectivity index (χ3n) is 5.21. The summed E-state index contributed by atoms with van der Waals surface area (Å²) in [5, 5.41) is 9.31. The van der Waals surface area contributed by atoms with Crippen LogP contribution in [0.2, 0.25) is 0 Å². The van der Waals surface area contributed by atoms with Gasteiger partial charge in [0.25, 0.3) is 5.91 Å². The minimum Gasteiger partial charge on any atom is -0.497 e. The van der Waals surface area contributed by atoms with Gasteiger partial charge in [0.2, 0.25) is 5.95 Å². The van der Waals surface area contributed by atoms with Crippen molar-refractivity contribution in [3.8, 4) is 16.9 Å². The summed E-state index contributed by atoms with van der Waals surface area (Å²) in [6.07, 6.45) is 1.63. The van der Waals surface area contributed by atoms with E-state index in [2.05, 4.69) is 30.9 Å². The van der Waals surface area contributed by atoms with Crippen molar-refractivity contribution >= 4 is 11.9 Å². The molecule has 9 heteroatoms. The summed E-state index contributed by atoms with van der Waals surface area (Å²) in [4.78, 5) is 25.5. The summed E-state index contributed by atoms with van der Waals surface area (Å²) in [5.41, 5.74) is 4.15. The molecule has 3 heterocycles. The first-order valence-corrected chi connectivity index (χ1v) is 10.6. The normalized spacial score (nSPS) is 12.6. The molecule has 0 spiro atoms. The molecule has 3 N–H and O–H groups in total. The molecule has 0 saturated heterocycles. The second kappa shape index (κ2) is 10.1. The predicted molar refractivity (Wildman–Crippen MR) is 123 cm³/mol. The Hall–Kier alpha value is -4.01. The third-order valence-corrected chi connectivity index (χ3v) is 5.21. The van der Waals surface area contributed by atoms with Crippen LogP contribution in [0.4, 0.5) is 4.39 Å². The average molecular weight is 449 g/mol. The molecule has 0 aliphatic carbocycles. The molecule has 0 unspecified atom stereocenters. The van der Waals surface area contributed by atoms with Gasteiger partial charge in [0.15, 0.2) is 5.96 Å². The number of aliphatic imine (C=N–C) groups is 1. The number of hydrogen-bond acceptors (Lipinski definition) is 7. The number of pyridine rings is 2. The van der Waals surface area contributed by atoms with Gasteiger partial charge in [-0.05, 0) is 54.4 Å². The summed E-state index contributed by atoms with van der Waals surface area (Å²) >= 11 is 0. The van der Waals surface area contributed by atoms with Crippen LogP contribution in [0.25, 0.3) is 11.1 Å². The molecule has 33 heavy (non-hydrogen) atoms. The fourth-order valence-electron chi connectivity index (χ4n) is 3.57. The molecule has 0 saturated carbocycles. The number of rotatable bonds is 7. The molecule has 0 atom stereocenters. The monoisotopic (exact) mass is 448 g/mol. The summed E-state index contributed by atoms with van der Waals surface area (Å²) in [5.74, 6) is 0.623. The van der Waals surface area contributed by atoms with E-state index in [1.165, 1.54) is 6.07 Å². The van der Waals surface area contributed by atoms with Crippen molar-refractivity contribution in [3.63, 3.8) is 0 Å². The highest BCUT2D eigenvalue weighted by Gasteiger charge is 2.13. The van der Waals surface area contributed by atoms with E-state index < -0.39 is 5.95 Å². The molecule has 0 radical (unpaired) electrons. The van der Waals surface area contributed by atoms with Gasteiger partial charge in [0.05, 0.1) is 25.9 Å². The summed E-state index contributed by atoms with van der Waals surface area (Å²) in [6, 6.07) is 12.1. The SMILES string of the molecule is COc1ccnc(CNC(=O)c2cc(CNC3=NCCN3)cc(-c3ccc(F)nc3C)c2)c1. The van der Waals surface area contributed by atoms with E-state index in [1.54, 1.807) is 44.5 Å². The Kier molecular flexibility index (Phi) is 6.77.